The van der Waals surface area contributed by atoms with Gasteiger partial charge < -0.3 is 20.7 Å². The molecular formula is C16H22BrN3O3. The van der Waals surface area contributed by atoms with Gasteiger partial charge in [0, 0.05) is 23.8 Å². The minimum atomic E-state index is -0.535. The van der Waals surface area contributed by atoms with Crippen LogP contribution in [0.2, 0.25) is 0 Å². The summed E-state index contributed by atoms with van der Waals surface area (Å²) in [6.07, 6.45) is 2.83. The number of hydrogen-bond donors (Lipinski definition) is 3. The van der Waals surface area contributed by atoms with Gasteiger partial charge in [-0.15, -0.1) is 0 Å². The summed E-state index contributed by atoms with van der Waals surface area (Å²) in [6.45, 7) is 5.96. The fourth-order valence-electron chi connectivity index (χ4n) is 1.49. The first-order chi connectivity index (χ1) is 10.8. The smallest absolute Gasteiger partial charge is 0.407 e. The van der Waals surface area contributed by atoms with Crippen LogP contribution >= 0.6 is 15.9 Å². The van der Waals surface area contributed by atoms with Crippen molar-refractivity contribution in [1.29, 1.82) is 0 Å². The predicted octanol–water partition coefficient (Wildman–Crippen LogP) is 3.24. The Morgan fingerprint density at radius 1 is 1.13 bits per heavy atom. The molecule has 0 aliphatic rings. The van der Waals surface area contributed by atoms with Crippen LogP contribution in [-0.4, -0.2) is 30.8 Å². The molecule has 0 aromatic heterocycles. The number of rotatable bonds is 5. The number of alkyl carbamates (subject to hydrolysis) is 1. The summed E-state index contributed by atoms with van der Waals surface area (Å²) in [6, 6.07) is 7.34. The molecule has 0 heterocycles. The van der Waals surface area contributed by atoms with E-state index in [9.17, 15) is 9.59 Å². The van der Waals surface area contributed by atoms with Gasteiger partial charge in [0.25, 0.3) is 0 Å². The Kier molecular flexibility index (Phi) is 7.61. The fourth-order valence-corrected chi connectivity index (χ4v) is 1.76. The van der Waals surface area contributed by atoms with E-state index in [4.69, 9.17) is 4.74 Å². The summed E-state index contributed by atoms with van der Waals surface area (Å²) in [5, 5.41) is 7.76. The zero-order valence-electron chi connectivity index (χ0n) is 13.5. The van der Waals surface area contributed by atoms with Crippen LogP contribution in [0.5, 0.6) is 0 Å². The number of amides is 3. The molecule has 0 spiro atoms. The molecule has 0 bridgehead atoms. The van der Waals surface area contributed by atoms with E-state index in [2.05, 4.69) is 31.9 Å². The molecule has 0 atom stereocenters. The van der Waals surface area contributed by atoms with Gasteiger partial charge in [-0.1, -0.05) is 28.1 Å². The van der Waals surface area contributed by atoms with Crippen molar-refractivity contribution in [3.05, 3.63) is 40.5 Å². The average molecular weight is 384 g/mol. The van der Waals surface area contributed by atoms with Gasteiger partial charge in [-0.2, -0.15) is 0 Å². The van der Waals surface area contributed by atoms with Gasteiger partial charge >= 0.3 is 12.1 Å². The minimum Gasteiger partial charge on any atom is -0.444 e. The summed E-state index contributed by atoms with van der Waals surface area (Å²) in [5.74, 6) is 0. The summed E-state index contributed by atoms with van der Waals surface area (Å²) in [5.41, 5.74) is 0.437. The highest BCUT2D eigenvalue weighted by molar-refractivity contribution is 9.10. The molecule has 7 heteroatoms. The molecular weight excluding hydrogens is 362 g/mol. The van der Waals surface area contributed by atoms with E-state index >= 15 is 0 Å². The summed E-state index contributed by atoms with van der Waals surface area (Å²) in [4.78, 5) is 22.9. The standard InChI is InChI=1S/C16H22BrN3O3/c1-16(2,3)23-15(22)20-11-10-19-14(21)18-9-8-12-4-6-13(17)7-5-12/h4-9H,10-11H2,1-3H3,(H,20,22)(H2,18,19,21)/b9-8+. The Labute approximate surface area is 144 Å². The molecule has 1 aromatic carbocycles. The van der Waals surface area contributed by atoms with Gasteiger partial charge in [-0.05, 0) is 44.5 Å². The Morgan fingerprint density at radius 3 is 2.35 bits per heavy atom. The fraction of sp³-hybridized carbons (Fsp3) is 0.375. The molecule has 0 saturated heterocycles. The molecule has 126 valence electrons. The molecule has 1 aromatic rings. The van der Waals surface area contributed by atoms with E-state index in [1.54, 1.807) is 33.0 Å². The van der Waals surface area contributed by atoms with Gasteiger partial charge in [0.05, 0.1) is 0 Å². The Morgan fingerprint density at radius 2 is 1.74 bits per heavy atom. The molecule has 3 N–H and O–H groups in total. The zero-order valence-corrected chi connectivity index (χ0v) is 15.1. The number of carbonyl (C=O) groups is 2. The molecule has 0 aliphatic carbocycles. The van der Waals surface area contributed by atoms with E-state index in [0.717, 1.165) is 10.0 Å². The third-order valence-corrected chi connectivity index (χ3v) is 2.97. The number of benzene rings is 1. The molecule has 0 unspecified atom stereocenters. The van der Waals surface area contributed by atoms with Crippen LogP contribution in [0.1, 0.15) is 26.3 Å². The van der Waals surface area contributed by atoms with Crippen molar-refractivity contribution in [2.24, 2.45) is 0 Å². The maximum absolute atomic E-state index is 11.5. The minimum absolute atomic E-state index is 0.290. The van der Waals surface area contributed by atoms with E-state index < -0.39 is 11.7 Å². The van der Waals surface area contributed by atoms with Crippen LogP contribution in [0, 0.1) is 0 Å². The predicted molar refractivity (Wildman–Crippen MR) is 93.9 cm³/mol. The van der Waals surface area contributed by atoms with Gasteiger partial charge in [0.15, 0.2) is 0 Å². The van der Waals surface area contributed by atoms with Crippen molar-refractivity contribution in [3.8, 4) is 0 Å². The second-order valence-corrected chi connectivity index (χ2v) is 6.63. The molecule has 0 radical (unpaired) electrons. The summed E-state index contributed by atoms with van der Waals surface area (Å²) in [7, 11) is 0. The topological polar surface area (TPSA) is 79.5 Å². The SMILES string of the molecule is CC(C)(C)OC(=O)NCCNC(=O)N/C=C/c1ccc(Br)cc1. The van der Waals surface area contributed by atoms with Crippen LogP contribution in [0.15, 0.2) is 34.9 Å². The third kappa shape index (κ3) is 9.57. The first-order valence-electron chi connectivity index (χ1n) is 7.19. The average Bonchev–Trinajstić information content (AvgIpc) is 2.44. The van der Waals surface area contributed by atoms with E-state index in [0.29, 0.717) is 13.1 Å². The van der Waals surface area contributed by atoms with Gasteiger partial charge in [0.1, 0.15) is 5.60 Å². The van der Waals surface area contributed by atoms with Crippen molar-refractivity contribution in [2.75, 3.05) is 13.1 Å². The number of halogens is 1. The van der Waals surface area contributed by atoms with Crippen LogP contribution in [0.4, 0.5) is 9.59 Å². The van der Waals surface area contributed by atoms with Gasteiger partial charge in [0.2, 0.25) is 0 Å². The number of carbonyl (C=O) groups excluding carboxylic acids is 2. The lowest BCUT2D eigenvalue weighted by atomic mass is 10.2. The number of hydrogen-bond acceptors (Lipinski definition) is 3. The zero-order chi connectivity index (χ0) is 17.3. The van der Waals surface area contributed by atoms with Crippen molar-refractivity contribution in [3.63, 3.8) is 0 Å². The van der Waals surface area contributed by atoms with Crippen LogP contribution in [-0.2, 0) is 4.74 Å². The highest BCUT2D eigenvalue weighted by atomic mass is 79.9. The van der Waals surface area contributed by atoms with E-state index in [1.165, 1.54) is 0 Å². The Bertz CT molecular complexity index is 551. The van der Waals surface area contributed by atoms with Gasteiger partial charge in [-0.3, -0.25) is 0 Å². The number of nitrogens with one attached hydrogen (secondary N) is 3. The van der Waals surface area contributed by atoms with Crippen LogP contribution < -0.4 is 16.0 Å². The second-order valence-electron chi connectivity index (χ2n) is 5.71. The highest BCUT2D eigenvalue weighted by Gasteiger charge is 2.15. The van der Waals surface area contributed by atoms with Crippen molar-refractivity contribution in [2.45, 2.75) is 26.4 Å². The lowest BCUT2D eigenvalue weighted by Gasteiger charge is -2.19. The largest absolute Gasteiger partial charge is 0.444 e. The molecule has 6 nitrogen and oxygen atoms in total. The van der Waals surface area contributed by atoms with Gasteiger partial charge in [-0.25, -0.2) is 9.59 Å². The van der Waals surface area contributed by atoms with Crippen molar-refractivity contribution in [1.82, 2.24) is 16.0 Å². The molecule has 0 fully saturated rings. The third-order valence-electron chi connectivity index (χ3n) is 2.44. The first kappa shape index (κ1) is 19.0. The highest BCUT2D eigenvalue weighted by Crippen LogP contribution is 2.11. The maximum Gasteiger partial charge on any atom is 0.407 e. The van der Waals surface area contributed by atoms with Crippen molar-refractivity contribution >= 4 is 34.1 Å². The lowest BCUT2D eigenvalue weighted by molar-refractivity contribution is 0.0528. The maximum atomic E-state index is 11.5. The lowest BCUT2D eigenvalue weighted by Crippen LogP contribution is -2.40. The monoisotopic (exact) mass is 383 g/mol. The van der Waals surface area contributed by atoms with Crippen LogP contribution in [0.3, 0.4) is 0 Å². The Hall–Kier alpha value is -2.02. The summed E-state index contributed by atoms with van der Waals surface area (Å²) < 4.78 is 6.07. The first-order valence-corrected chi connectivity index (χ1v) is 7.99. The van der Waals surface area contributed by atoms with E-state index in [1.807, 2.05) is 24.3 Å². The number of urea groups is 1. The van der Waals surface area contributed by atoms with Crippen molar-refractivity contribution < 1.29 is 14.3 Å². The van der Waals surface area contributed by atoms with E-state index in [-0.39, 0.29) is 6.03 Å². The molecule has 0 aliphatic heterocycles. The molecule has 3 amide bonds. The molecule has 1 rings (SSSR count). The van der Waals surface area contributed by atoms with Crippen LogP contribution in [0.25, 0.3) is 6.08 Å². The normalized spacial score (nSPS) is 11.1. The molecule has 23 heavy (non-hydrogen) atoms. The number of ether oxygens (including phenoxy) is 1. The summed E-state index contributed by atoms with van der Waals surface area (Å²) >= 11 is 3.36. The second kappa shape index (κ2) is 9.19. The Balaban J connectivity index is 2.17. The molecule has 0 saturated carbocycles. The quantitative estimate of drug-likeness (QED) is 0.682.